The summed E-state index contributed by atoms with van der Waals surface area (Å²) in [7, 11) is 0. The standard InChI is InChI=1S/C25H26N4O4/c1-16(2)32-24(30)27-29(25(31)33-17(3)4)23-22(19-11-6-5-7-12-19)26-21-15-14-18-10-8-9-13-20(18)28(21)23/h5-17H,1-4H3,(H,27,30). The minimum Gasteiger partial charge on any atom is -0.446 e. The van der Waals surface area contributed by atoms with Gasteiger partial charge in [-0.15, -0.1) is 0 Å². The number of imidazole rings is 1. The van der Waals surface area contributed by atoms with Crippen molar-refractivity contribution in [3.8, 4) is 11.3 Å². The molecule has 0 bridgehead atoms. The number of hydrogen-bond acceptors (Lipinski definition) is 5. The van der Waals surface area contributed by atoms with Crippen molar-refractivity contribution in [1.29, 1.82) is 0 Å². The molecule has 8 nitrogen and oxygen atoms in total. The van der Waals surface area contributed by atoms with Gasteiger partial charge in [-0.2, -0.15) is 5.01 Å². The van der Waals surface area contributed by atoms with Crippen LogP contribution in [0, 0.1) is 0 Å². The van der Waals surface area contributed by atoms with E-state index >= 15 is 0 Å². The molecule has 2 heterocycles. The summed E-state index contributed by atoms with van der Waals surface area (Å²) in [5.41, 5.74) is 5.29. The van der Waals surface area contributed by atoms with Crippen LogP contribution in [-0.4, -0.2) is 33.8 Å². The maximum atomic E-state index is 13.2. The van der Waals surface area contributed by atoms with Gasteiger partial charge in [0.2, 0.25) is 0 Å². The number of anilines is 1. The molecular weight excluding hydrogens is 420 g/mol. The smallest absolute Gasteiger partial charge is 0.435 e. The summed E-state index contributed by atoms with van der Waals surface area (Å²) in [4.78, 5) is 30.6. The SMILES string of the molecule is CC(C)OC(=O)NN(C(=O)OC(C)C)c1c(-c2ccccc2)nc2ccc3ccccc3n12. The van der Waals surface area contributed by atoms with E-state index in [1.807, 2.05) is 71.1 Å². The average molecular weight is 447 g/mol. The van der Waals surface area contributed by atoms with Crippen molar-refractivity contribution >= 4 is 34.6 Å². The molecule has 0 atom stereocenters. The summed E-state index contributed by atoms with van der Waals surface area (Å²) in [6.45, 7) is 6.94. The van der Waals surface area contributed by atoms with E-state index in [0.717, 1.165) is 21.5 Å². The molecule has 0 radical (unpaired) electrons. The predicted molar refractivity (Wildman–Crippen MR) is 127 cm³/mol. The number of amides is 2. The van der Waals surface area contributed by atoms with Crippen molar-refractivity contribution < 1.29 is 19.1 Å². The highest BCUT2D eigenvalue weighted by molar-refractivity contribution is 5.97. The molecule has 0 aliphatic rings. The number of fused-ring (bicyclic) bond motifs is 3. The highest BCUT2D eigenvalue weighted by Gasteiger charge is 2.30. The lowest BCUT2D eigenvalue weighted by atomic mass is 10.1. The van der Waals surface area contributed by atoms with Crippen LogP contribution in [0.1, 0.15) is 27.7 Å². The Labute approximate surface area is 191 Å². The largest absolute Gasteiger partial charge is 0.446 e. The van der Waals surface area contributed by atoms with E-state index in [1.165, 1.54) is 0 Å². The lowest BCUT2D eigenvalue weighted by Gasteiger charge is -2.24. The van der Waals surface area contributed by atoms with Crippen LogP contribution in [0.2, 0.25) is 0 Å². The predicted octanol–water partition coefficient (Wildman–Crippen LogP) is 5.56. The minimum absolute atomic E-state index is 0.347. The first-order chi connectivity index (χ1) is 15.8. The average Bonchev–Trinajstić information content (AvgIpc) is 3.17. The topological polar surface area (TPSA) is 85.2 Å². The zero-order valence-electron chi connectivity index (χ0n) is 19.0. The number of pyridine rings is 1. The van der Waals surface area contributed by atoms with Crippen molar-refractivity contribution in [2.24, 2.45) is 0 Å². The Balaban J connectivity index is 1.99. The summed E-state index contributed by atoms with van der Waals surface area (Å²) in [5, 5.41) is 2.02. The summed E-state index contributed by atoms with van der Waals surface area (Å²) < 4.78 is 12.5. The first-order valence-corrected chi connectivity index (χ1v) is 10.8. The molecule has 170 valence electrons. The van der Waals surface area contributed by atoms with E-state index in [4.69, 9.17) is 14.5 Å². The maximum Gasteiger partial charge on any atom is 0.435 e. The Morgan fingerprint density at radius 2 is 1.55 bits per heavy atom. The molecule has 4 aromatic rings. The molecule has 0 unspecified atom stereocenters. The number of ether oxygens (including phenoxy) is 2. The van der Waals surface area contributed by atoms with Gasteiger partial charge in [0.1, 0.15) is 11.3 Å². The van der Waals surface area contributed by atoms with Crippen LogP contribution in [0.15, 0.2) is 66.7 Å². The molecule has 0 saturated heterocycles. The third kappa shape index (κ3) is 4.59. The van der Waals surface area contributed by atoms with Crippen molar-refractivity contribution in [2.45, 2.75) is 39.9 Å². The zero-order valence-corrected chi connectivity index (χ0v) is 19.0. The number of hydrazine groups is 1. The number of benzene rings is 2. The number of nitrogens with zero attached hydrogens (tertiary/aromatic N) is 3. The zero-order chi connectivity index (χ0) is 23.5. The van der Waals surface area contributed by atoms with Gasteiger partial charge in [-0.25, -0.2) is 20.0 Å². The number of rotatable bonds is 4. The highest BCUT2D eigenvalue weighted by atomic mass is 16.6. The third-order valence-electron chi connectivity index (χ3n) is 4.79. The molecule has 2 aromatic carbocycles. The lowest BCUT2D eigenvalue weighted by Crippen LogP contribution is -2.49. The van der Waals surface area contributed by atoms with Crippen LogP contribution in [-0.2, 0) is 9.47 Å². The fourth-order valence-corrected chi connectivity index (χ4v) is 3.54. The van der Waals surface area contributed by atoms with E-state index in [9.17, 15) is 9.59 Å². The molecular formula is C25H26N4O4. The van der Waals surface area contributed by atoms with Crippen LogP contribution < -0.4 is 10.4 Å². The second-order valence-corrected chi connectivity index (χ2v) is 8.07. The van der Waals surface area contributed by atoms with Gasteiger partial charge in [0.25, 0.3) is 0 Å². The Hall–Kier alpha value is -4.07. The number of hydrogen-bond donors (Lipinski definition) is 1. The lowest BCUT2D eigenvalue weighted by molar-refractivity contribution is 0.103. The maximum absolute atomic E-state index is 13.2. The van der Waals surface area contributed by atoms with E-state index in [-0.39, 0.29) is 6.10 Å². The number of aromatic nitrogens is 2. The highest BCUT2D eigenvalue weighted by Crippen LogP contribution is 2.34. The van der Waals surface area contributed by atoms with Gasteiger partial charge in [-0.05, 0) is 51.3 Å². The number of para-hydroxylation sites is 1. The third-order valence-corrected chi connectivity index (χ3v) is 4.79. The van der Waals surface area contributed by atoms with Crippen molar-refractivity contribution in [2.75, 3.05) is 5.01 Å². The molecule has 1 N–H and O–H groups in total. The van der Waals surface area contributed by atoms with Gasteiger partial charge in [-0.1, -0.05) is 48.5 Å². The fourth-order valence-electron chi connectivity index (χ4n) is 3.54. The second-order valence-electron chi connectivity index (χ2n) is 8.07. The molecule has 0 saturated carbocycles. The first-order valence-electron chi connectivity index (χ1n) is 10.8. The van der Waals surface area contributed by atoms with Gasteiger partial charge in [0.05, 0.1) is 17.7 Å². The van der Waals surface area contributed by atoms with Gasteiger partial charge in [-0.3, -0.25) is 4.40 Å². The van der Waals surface area contributed by atoms with Crippen molar-refractivity contribution in [1.82, 2.24) is 14.8 Å². The summed E-state index contributed by atoms with van der Waals surface area (Å²) in [6, 6.07) is 21.0. The Kier molecular flexibility index (Phi) is 6.17. The normalized spacial score (nSPS) is 11.2. The molecule has 2 aromatic heterocycles. The van der Waals surface area contributed by atoms with Crippen LogP contribution >= 0.6 is 0 Å². The van der Waals surface area contributed by atoms with Crippen LogP contribution in [0.25, 0.3) is 27.8 Å². The molecule has 33 heavy (non-hydrogen) atoms. The monoisotopic (exact) mass is 446 g/mol. The van der Waals surface area contributed by atoms with Gasteiger partial charge >= 0.3 is 12.2 Å². The molecule has 0 spiro atoms. The summed E-state index contributed by atoms with van der Waals surface area (Å²) >= 11 is 0. The molecule has 2 amide bonds. The number of carbonyl (C=O) groups is 2. The second kappa shape index (κ2) is 9.20. The summed E-state index contributed by atoms with van der Waals surface area (Å²) in [6.07, 6.45) is -2.30. The summed E-state index contributed by atoms with van der Waals surface area (Å²) in [5.74, 6) is 0.347. The van der Waals surface area contributed by atoms with E-state index in [2.05, 4.69) is 5.43 Å². The van der Waals surface area contributed by atoms with Crippen LogP contribution in [0.5, 0.6) is 0 Å². The van der Waals surface area contributed by atoms with Crippen molar-refractivity contribution in [3.63, 3.8) is 0 Å². The van der Waals surface area contributed by atoms with Gasteiger partial charge in [0, 0.05) is 5.56 Å². The van der Waals surface area contributed by atoms with Gasteiger partial charge < -0.3 is 9.47 Å². The number of nitrogens with one attached hydrogen (secondary N) is 1. The van der Waals surface area contributed by atoms with Gasteiger partial charge in [0.15, 0.2) is 5.82 Å². The molecule has 4 rings (SSSR count). The molecule has 0 fully saturated rings. The number of carbonyl (C=O) groups excluding carboxylic acids is 2. The quantitative estimate of drug-likeness (QED) is 0.415. The Bertz CT molecular complexity index is 1300. The van der Waals surface area contributed by atoms with E-state index in [1.54, 1.807) is 27.7 Å². The van der Waals surface area contributed by atoms with E-state index in [0.29, 0.717) is 17.2 Å². The first kappa shape index (κ1) is 22.1. The van der Waals surface area contributed by atoms with Crippen molar-refractivity contribution in [3.05, 3.63) is 66.7 Å². The fraction of sp³-hybridized carbons (Fsp3) is 0.240. The molecule has 0 aliphatic heterocycles. The van der Waals surface area contributed by atoms with Crippen LogP contribution in [0.4, 0.5) is 15.4 Å². The van der Waals surface area contributed by atoms with Crippen LogP contribution in [0.3, 0.4) is 0 Å². The Morgan fingerprint density at radius 1 is 0.879 bits per heavy atom. The van der Waals surface area contributed by atoms with E-state index < -0.39 is 18.3 Å². The Morgan fingerprint density at radius 3 is 2.24 bits per heavy atom. The minimum atomic E-state index is -0.778. The molecule has 0 aliphatic carbocycles. The molecule has 8 heteroatoms.